The van der Waals surface area contributed by atoms with Gasteiger partial charge in [0.05, 0.1) is 23.4 Å². The van der Waals surface area contributed by atoms with Crippen molar-refractivity contribution in [2.45, 2.75) is 58.4 Å². The molecule has 0 atom stereocenters. The Bertz CT molecular complexity index is 971. The molecule has 0 saturated heterocycles. The van der Waals surface area contributed by atoms with E-state index in [-0.39, 0.29) is 23.0 Å². The van der Waals surface area contributed by atoms with Crippen LogP contribution < -0.4 is 20.7 Å². The van der Waals surface area contributed by atoms with E-state index in [9.17, 15) is 9.59 Å². The van der Waals surface area contributed by atoms with E-state index in [2.05, 4.69) is 29.8 Å². The summed E-state index contributed by atoms with van der Waals surface area (Å²) >= 11 is 5.37. The number of carbonyl (C=O) groups is 2. The molecular weight excluding hydrogens is 434 g/mol. The van der Waals surface area contributed by atoms with Crippen molar-refractivity contribution >= 4 is 34.8 Å². The Morgan fingerprint density at radius 1 is 0.970 bits per heavy atom. The number of nitrogens with one attached hydrogen (secondary N) is 3. The van der Waals surface area contributed by atoms with Crippen LogP contribution in [-0.4, -0.2) is 29.6 Å². The quantitative estimate of drug-likeness (QED) is 0.459. The lowest BCUT2D eigenvalue weighted by Gasteiger charge is -2.23. The van der Waals surface area contributed by atoms with Crippen molar-refractivity contribution < 1.29 is 14.3 Å². The van der Waals surface area contributed by atoms with Crippen LogP contribution in [0.2, 0.25) is 0 Å². The SMILES string of the molecule is CC(C)CCOc1ccccc1C(=O)NC(=S)Nc1ccccc1C(=O)NC1CCCCC1. The number of benzene rings is 2. The van der Waals surface area contributed by atoms with Gasteiger partial charge in [-0.05, 0) is 61.7 Å². The molecule has 176 valence electrons. The number of carbonyl (C=O) groups excluding carboxylic acids is 2. The number of hydrogen-bond donors (Lipinski definition) is 3. The Kier molecular flexibility index (Phi) is 9.24. The second kappa shape index (κ2) is 12.3. The monoisotopic (exact) mass is 467 g/mol. The summed E-state index contributed by atoms with van der Waals surface area (Å²) in [5, 5.41) is 8.95. The smallest absolute Gasteiger partial charge is 0.261 e. The molecule has 3 rings (SSSR count). The summed E-state index contributed by atoms with van der Waals surface area (Å²) in [6.45, 7) is 4.78. The number of ether oxygens (including phenoxy) is 1. The van der Waals surface area contributed by atoms with Crippen LogP contribution in [0.1, 0.15) is 73.1 Å². The van der Waals surface area contributed by atoms with E-state index in [1.165, 1.54) is 6.42 Å². The number of thiocarbonyl (C=S) groups is 1. The van der Waals surface area contributed by atoms with Crippen LogP contribution in [-0.2, 0) is 0 Å². The van der Waals surface area contributed by atoms with Crippen LogP contribution in [0, 0.1) is 5.92 Å². The van der Waals surface area contributed by atoms with Gasteiger partial charge in [-0.15, -0.1) is 0 Å². The molecule has 6 nitrogen and oxygen atoms in total. The van der Waals surface area contributed by atoms with Crippen LogP contribution in [0.4, 0.5) is 5.69 Å². The van der Waals surface area contributed by atoms with Crippen molar-refractivity contribution in [2.24, 2.45) is 5.92 Å². The molecule has 2 aromatic rings. The number of para-hydroxylation sites is 2. The lowest BCUT2D eigenvalue weighted by molar-refractivity contribution is 0.0927. The van der Waals surface area contributed by atoms with Crippen molar-refractivity contribution in [3.8, 4) is 5.75 Å². The van der Waals surface area contributed by atoms with Gasteiger partial charge in [-0.2, -0.15) is 0 Å². The molecule has 0 heterocycles. The topological polar surface area (TPSA) is 79.5 Å². The van der Waals surface area contributed by atoms with Crippen molar-refractivity contribution in [1.82, 2.24) is 10.6 Å². The minimum Gasteiger partial charge on any atom is -0.493 e. The zero-order valence-electron chi connectivity index (χ0n) is 19.4. The maximum Gasteiger partial charge on any atom is 0.261 e. The average Bonchev–Trinajstić information content (AvgIpc) is 2.80. The van der Waals surface area contributed by atoms with Gasteiger partial charge in [-0.3, -0.25) is 14.9 Å². The lowest BCUT2D eigenvalue weighted by Crippen LogP contribution is -2.37. The Balaban J connectivity index is 1.62. The normalized spacial score (nSPS) is 13.9. The molecular formula is C26H33N3O3S. The molecule has 0 bridgehead atoms. The fourth-order valence-corrected chi connectivity index (χ4v) is 4.01. The number of amides is 2. The second-order valence-electron chi connectivity index (χ2n) is 8.79. The standard InChI is InChI=1S/C26H33N3O3S/c1-18(2)16-17-32-23-15-9-7-13-21(23)25(31)29-26(33)28-22-14-8-6-12-20(22)24(30)27-19-10-4-3-5-11-19/h6-9,12-15,18-19H,3-5,10-11,16-17H2,1-2H3,(H,27,30)(H2,28,29,31,33). The first-order valence-corrected chi connectivity index (χ1v) is 12.1. The van der Waals surface area contributed by atoms with Gasteiger partial charge in [-0.25, -0.2) is 0 Å². The molecule has 0 unspecified atom stereocenters. The van der Waals surface area contributed by atoms with Crippen molar-refractivity contribution in [3.63, 3.8) is 0 Å². The summed E-state index contributed by atoms with van der Waals surface area (Å²) in [4.78, 5) is 25.7. The third-order valence-electron chi connectivity index (χ3n) is 5.67. The van der Waals surface area contributed by atoms with E-state index in [4.69, 9.17) is 17.0 Å². The molecule has 2 amide bonds. The van der Waals surface area contributed by atoms with Gasteiger partial charge in [0.1, 0.15) is 5.75 Å². The summed E-state index contributed by atoms with van der Waals surface area (Å²) in [6.07, 6.45) is 6.43. The highest BCUT2D eigenvalue weighted by atomic mass is 32.1. The zero-order valence-corrected chi connectivity index (χ0v) is 20.2. The lowest BCUT2D eigenvalue weighted by atomic mass is 9.95. The molecule has 7 heteroatoms. The highest BCUT2D eigenvalue weighted by Crippen LogP contribution is 2.21. The van der Waals surface area contributed by atoms with Crippen LogP contribution in [0.15, 0.2) is 48.5 Å². The highest BCUT2D eigenvalue weighted by molar-refractivity contribution is 7.80. The Labute approximate surface area is 201 Å². The Morgan fingerprint density at radius 3 is 2.36 bits per heavy atom. The predicted molar refractivity (Wildman–Crippen MR) is 136 cm³/mol. The number of anilines is 1. The third-order valence-corrected chi connectivity index (χ3v) is 5.88. The van der Waals surface area contributed by atoms with Gasteiger partial charge in [0.25, 0.3) is 11.8 Å². The Hall–Kier alpha value is -2.93. The molecule has 0 aliphatic heterocycles. The molecule has 1 aliphatic rings. The largest absolute Gasteiger partial charge is 0.493 e. The molecule has 0 radical (unpaired) electrons. The summed E-state index contributed by atoms with van der Waals surface area (Å²) in [5.41, 5.74) is 1.46. The highest BCUT2D eigenvalue weighted by Gasteiger charge is 2.19. The maximum atomic E-state index is 12.9. The summed E-state index contributed by atoms with van der Waals surface area (Å²) in [5.74, 6) is 0.531. The second-order valence-corrected chi connectivity index (χ2v) is 9.20. The fraction of sp³-hybridized carbons (Fsp3) is 0.423. The number of hydrogen-bond acceptors (Lipinski definition) is 4. The van der Waals surface area contributed by atoms with E-state index in [0.29, 0.717) is 35.1 Å². The van der Waals surface area contributed by atoms with Gasteiger partial charge < -0.3 is 15.4 Å². The van der Waals surface area contributed by atoms with Crippen LogP contribution in [0.3, 0.4) is 0 Å². The van der Waals surface area contributed by atoms with Crippen molar-refractivity contribution in [2.75, 3.05) is 11.9 Å². The van der Waals surface area contributed by atoms with Crippen molar-refractivity contribution in [3.05, 3.63) is 59.7 Å². The predicted octanol–water partition coefficient (Wildman–Crippen LogP) is 5.30. The molecule has 1 saturated carbocycles. The van der Waals surface area contributed by atoms with E-state index in [1.54, 1.807) is 30.3 Å². The number of rotatable bonds is 8. The summed E-state index contributed by atoms with van der Waals surface area (Å²) in [6, 6.07) is 14.5. The average molecular weight is 468 g/mol. The minimum absolute atomic E-state index is 0.120. The zero-order chi connectivity index (χ0) is 23.6. The summed E-state index contributed by atoms with van der Waals surface area (Å²) < 4.78 is 5.81. The third kappa shape index (κ3) is 7.56. The molecule has 3 N–H and O–H groups in total. The van der Waals surface area contributed by atoms with E-state index in [0.717, 1.165) is 32.1 Å². The first-order valence-electron chi connectivity index (χ1n) is 11.7. The van der Waals surface area contributed by atoms with E-state index < -0.39 is 0 Å². The molecule has 33 heavy (non-hydrogen) atoms. The van der Waals surface area contributed by atoms with Gasteiger partial charge in [0.2, 0.25) is 0 Å². The molecule has 0 spiro atoms. The molecule has 1 aliphatic carbocycles. The van der Waals surface area contributed by atoms with Gasteiger partial charge >= 0.3 is 0 Å². The van der Waals surface area contributed by atoms with Crippen molar-refractivity contribution in [1.29, 1.82) is 0 Å². The van der Waals surface area contributed by atoms with Crippen LogP contribution in [0.25, 0.3) is 0 Å². The summed E-state index contributed by atoms with van der Waals surface area (Å²) in [7, 11) is 0. The van der Waals surface area contributed by atoms with Gasteiger partial charge in [-0.1, -0.05) is 57.4 Å². The molecule has 0 aromatic heterocycles. The molecule has 2 aromatic carbocycles. The van der Waals surface area contributed by atoms with Crippen LogP contribution >= 0.6 is 12.2 Å². The Morgan fingerprint density at radius 2 is 1.64 bits per heavy atom. The fourth-order valence-electron chi connectivity index (χ4n) is 3.81. The van der Waals surface area contributed by atoms with Gasteiger partial charge in [0, 0.05) is 6.04 Å². The van der Waals surface area contributed by atoms with Gasteiger partial charge in [0.15, 0.2) is 5.11 Å². The van der Waals surface area contributed by atoms with E-state index in [1.807, 2.05) is 18.2 Å². The minimum atomic E-state index is -0.364. The first-order chi connectivity index (χ1) is 15.9. The maximum absolute atomic E-state index is 12.9. The first kappa shape index (κ1) is 24.7. The van der Waals surface area contributed by atoms with E-state index >= 15 is 0 Å². The molecule has 1 fully saturated rings. The van der Waals surface area contributed by atoms with Crippen LogP contribution in [0.5, 0.6) is 5.75 Å².